The van der Waals surface area contributed by atoms with E-state index < -0.39 is 0 Å². The molecule has 2 aromatic rings. The maximum atomic E-state index is 13.4. The van der Waals surface area contributed by atoms with E-state index in [0.29, 0.717) is 22.4 Å². The number of tetrazole rings is 1. The minimum Gasteiger partial charge on any atom is -0.238 e. The average Bonchev–Trinajstić information content (AvgIpc) is 2.61. The summed E-state index contributed by atoms with van der Waals surface area (Å²) in [6.45, 7) is 4.01. The lowest BCUT2D eigenvalue weighted by Gasteiger charge is -2.06. The molecule has 6 heteroatoms. The third-order valence-corrected chi connectivity index (χ3v) is 2.67. The molecule has 0 aliphatic rings. The second-order valence-corrected chi connectivity index (χ2v) is 4.08. The second kappa shape index (κ2) is 4.13. The van der Waals surface area contributed by atoms with Crippen molar-refractivity contribution in [2.75, 3.05) is 0 Å². The summed E-state index contributed by atoms with van der Waals surface area (Å²) >= 11 is 4.96. The van der Waals surface area contributed by atoms with Crippen LogP contribution in [0.25, 0.3) is 0 Å². The molecule has 1 aromatic carbocycles. The van der Waals surface area contributed by atoms with Crippen molar-refractivity contribution in [3.63, 3.8) is 0 Å². The van der Waals surface area contributed by atoms with Gasteiger partial charge in [0.25, 0.3) is 0 Å². The zero-order valence-corrected chi connectivity index (χ0v) is 9.81. The maximum Gasteiger partial charge on any atom is 0.238 e. The van der Waals surface area contributed by atoms with Crippen LogP contribution in [0, 0.1) is 24.4 Å². The number of aromatic amines is 1. The van der Waals surface area contributed by atoms with E-state index in [0.717, 1.165) is 5.56 Å². The minimum absolute atomic E-state index is 0.157. The molecule has 0 radical (unpaired) electrons. The highest BCUT2D eigenvalue weighted by atomic mass is 32.1. The third-order valence-electron chi connectivity index (χ3n) is 2.37. The topological polar surface area (TPSA) is 46.5 Å². The average molecular weight is 238 g/mol. The quantitative estimate of drug-likeness (QED) is 0.815. The van der Waals surface area contributed by atoms with Gasteiger partial charge in [-0.05, 0) is 42.8 Å². The van der Waals surface area contributed by atoms with Crippen molar-refractivity contribution in [3.8, 4) is 0 Å². The predicted octanol–water partition coefficient (Wildman–Crippen LogP) is 2.14. The normalized spacial score (nSPS) is 10.7. The van der Waals surface area contributed by atoms with Crippen molar-refractivity contribution in [3.05, 3.63) is 39.4 Å². The molecule has 0 bridgehead atoms. The Morgan fingerprint density at radius 1 is 1.38 bits per heavy atom. The van der Waals surface area contributed by atoms with Crippen LogP contribution in [0.3, 0.4) is 0 Å². The molecule has 0 aliphatic heterocycles. The summed E-state index contributed by atoms with van der Waals surface area (Å²) in [7, 11) is 0. The van der Waals surface area contributed by atoms with Crippen molar-refractivity contribution >= 4 is 12.2 Å². The third kappa shape index (κ3) is 2.01. The highest BCUT2D eigenvalue weighted by Crippen LogP contribution is 2.15. The van der Waals surface area contributed by atoms with Crippen LogP contribution in [0.15, 0.2) is 12.1 Å². The molecule has 84 valence electrons. The zero-order valence-electron chi connectivity index (χ0n) is 8.99. The molecule has 0 spiro atoms. The number of aromatic nitrogens is 4. The van der Waals surface area contributed by atoms with Crippen LogP contribution in [0.5, 0.6) is 0 Å². The second-order valence-electron chi connectivity index (χ2n) is 3.71. The van der Waals surface area contributed by atoms with Crippen LogP contribution < -0.4 is 0 Å². The van der Waals surface area contributed by atoms with E-state index in [1.54, 1.807) is 30.7 Å². The molecular formula is C10H11FN4S. The summed E-state index contributed by atoms with van der Waals surface area (Å²) in [4.78, 5) is 0. The monoisotopic (exact) mass is 238 g/mol. The Kier molecular flexibility index (Phi) is 2.82. The number of halogens is 1. The zero-order chi connectivity index (χ0) is 11.7. The highest BCUT2D eigenvalue weighted by Gasteiger charge is 2.05. The van der Waals surface area contributed by atoms with Gasteiger partial charge in [0, 0.05) is 0 Å². The summed E-state index contributed by atoms with van der Waals surface area (Å²) in [5, 5.41) is 9.93. The molecule has 0 amide bonds. The Labute approximate surface area is 97.1 Å². The van der Waals surface area contributed by atoms with E-state index in [2.05, 4.69) is 15.5 Å². The summed E-state index contributed by atoms with van der Waals surface area (Å²) in [6, 6.07) is 3.59. The molecule has 1 N–H and O–H groups in total. The van der Waals surface area contributed by atoms with Gasteiger partial charge in [0.15, 0.2) is 0 Å². The largest absolute Gasteiger partial charge is 0.238 e. The molecule has 0 saturated carbocycles. The van der Waals surface area contributed by atoms with Crippen LogP contribution in [0.2, 0.25) is 0 Å². The first-order chi connectivity index (χ1) is 7.58. The molecule has 0 saturated heterocycles. The van der Waals surface area contributed by atoms with Crippen molar-refractivity contribution in [2.24, 2.45) is 0 Å². The molecule has 0 unspecified atom stereocenters. The van der Waals surface area contributed by atoms with Crippen LogP contribution in [-0.2, 0) is 6.54 Å². The fraction of sp³-hybridized carbons (Fsp3) is 0.300. The van der Waals surface area contributed by atoms with Crippen molar-refractivity contribution in [1.29, 1.82) is 0 Å². The summed E-state index contributed by atoms with van der Waals surface area (Å²) in [6.07, 6.45) is 0. The van der Waals surface area contributed by atoms with Crippen LogP contribution in [0.4, 0.5) is 4.39 Å². The van der Waals surface area contributed by atoms with Gasteiger partial charge in [0.1, 0.15) is 5.82 Å². The van der Waals surface area contributed by atoms with E-state index in [9.17, 15) is 4.39 Å². The lowest BCUT2D eigenvalue weighted by atomic mass is 10.1. The van der Waals surface area contributed by atoms with Crippen LogP contribution in [0.1, 0.15) is 16.7 Å². The predicted molar refractivity (Wildman–Crippen MR) is 60.2 cm³/mol. The number of hydrogen-bond donors (Lipinski definition) is 1. The van der Waals surface area contributed by atoms with Gasteiger partial charge in [0.2, 0.25) is 4.77 Å². The Morgan fingerprint density at radius 3 is 2.50 bits per heavy atom. The Bertz CT molecular complexity index is 549. The van der Waals surface area contributed by atoms with Gasteiger partial charge >= 0.3 is 0 Å². The molecule has 0 aliphatic carbocycles. The van der Waals surface area contributed by atoms with E-state index in [1.807, 2.05) is 0 Å². The lowest BCUT2D eigenvalue weighted by Crippen LogP contribution is -2.03. The van der Waals surface area contributed by atoms with E-state index in [-0.39, 0.29) is 5.82 Å². The molecule has 0 fully saturated rings. The summed E-state index contributed by atoms with van der Waals surface area (Å²) in [5.74, 6) is -0.157. The number of H-pyrrole nitrogens is 1. The molecule has 4 nitrogen and oxygen atoms in total. The van der Waals surface area contributed by atoms with Crippen molar-refractivity contribution in [1.82, 2.24) is 20.2 Å². The number of aryl methyl sites for hydroxylation is 2. The molecule has 1 heterocycles. The number of nitrogens with zero attached hydrogens (tertiary/aromatic N) is 3. The molecular weight excluding hydrogens is 227 g/mol. The Morgan fingerprint density at radius 2 is 2.00 bits per heavy atom. The highest BCUT2D eigenvalue weighted by molar-refractivity contribution is 7.71. The Hall–Kier alpha value is -1.56. The molecule has 2 rings (SSSR count). The molecule has 1 aromatic heterocycles. The maximum absolute atomic E-state index is 13.4. The first kappa shape index (κ1) is 10.9. The Balaban J connectivity index is 2.36. The van der Waals surface area contributed by atoms with E-state index in [1.165, 1.54) is 0 Å². The van der Waals surface area contributed by atoms with E-state index >= 15 is 0 Å². The van der Waals surface area contributed by atoms with Crippen LogP contribution in [-0.4, -0.2) is 20.2 Å². The molecule has 0 atom stereocenters. The first-order valence-electron chi connectivity index (χ1n) is 4.81. The van der Waals surface area contributed by atoms with Gasteiger partial charge in [-0.1, -0.05) is 22.4 Å². The number of rotatable bonds is 2. The SMILES string of the molecule is Cc1cc(Cn2[nH]nnc2=S)cc(C)c1F. The van der Waals surface area contributed by atoms with Crippen molar-refractivity contribution in [2.45, 2.75) is 20.4 Å². The lowest BCUT2D eigenvalue weighted by molar-refractivity contribution is 0.603. The van der Waals surface area contributed by atoms with Gasteiger partial charge in [0.05, 0.1) is 6.54 Å². The number of hydrogen-bond acceptors (Lipinski definition) is 3. The molecule has 16 heavy (non-hydrogen) atoms. The smallest absolute Gasteiger partial charge is 0.238 e. The standard InChI is InChI=1S/C10H11FN4S/c1-6-3-8(4-7(2)9(6)11)5-15-10(16)12-13-14-15/h3-4H,5H2,1-2H3,(H,12,14,16). The van der Waals surface area contributed by atoms with Gasteiger partial charge in [-0.3, -0.25) is 0 Å². The van der Waals surface area contributed by atoms with Gasteiger partial charge in [-0.25, -0.2) is 9.07 Å². The number of nitrogens with one attached hydrogen (secondary N) is 1. The van der Waals surface area contributed by atoms with Gasteiger partial charge < -0.3 is 0 Å². The van der Waals surface area contributed by atoms with Gasteiger partial charge in [-0.15, -0.1) is 0 Å². The fourth-order valence-corrected chi connectivity index (χ4v) is 1.77. The number of benzene rings is 1. The summed E-state index contributed by atoms with van der Waals surface area (Å²) in [5.41, 5.74) is 2.24. The minimum atomic E-state index is -0.157. The fourth-order valence-electron chi connectivity index (χ4n) is 1.63. The van der Waals surface area contributed by atoms with Crippen LogP contribution >= 0.6 is 12.2 Å². The van der Waals surface area contributed by atoms with E-state index in [4.69, 9.17) is 12.2 Å². The first-order valence-corrected chi connectivity index (χ1v) is 5.22. The van der Waals surface area contributed by atoms with Crippen molar-refractivity contribution < 1.29 is 4.39 Å². The van der Waals surface area contributed by atoms with Gasteiger partial charge in [-0.2, -0.15) is 5.21 Å². The summed E-state index contributed by atoms with van der Waals surface area (Å²) < 4.78 is 15.4.